The average molecular weight is 247 g/mol. The van der Waals surface area contributed by atoms with Crippen LogP contribution in [0.5, 0.6) is 0 Å². The summed E-state index contributed by atoms with van der Waals surface area (Å²) in [6, 6.07) is 0. The zero-order valence-electron chi connectivity index (χ0n) is 10.5. The highest BCUT2D eigenvalue weighted by Crippen LogP contribution is 2.07. The molecule has 0 fully saturated rings. The number of hydrogen-bond donors (Lipinski definition) is 0. The average Bonchev–Trinajstić information content (AvgIpc) is 1.98. The summed E-state index contributed by atoms with van der Waals surface area (Å²) in [6.45, 7) is 2.51. The maximum atomic E-state index is 11.3. The number of hydrogen-bond acceptors (Lipinski definition) is 4. The molecule has 0 aromatic carbocycles. The number of likely N-dealkylation sites (N-methyl/N-ethyl adjacent to an activating group) is 1. The van der Waals surface area contributed by atoms with E-state index in [9.17, 15) is 9.59 Å². The Balaban J connectivity index is 4.31. The fourth-order valence-corrected chi connectivity index (χ4v) is 1.58. The molecule has 0 rings (SSSR count). The van der Waals surface area contributed by atoms with Gasteiger partial charge in [0.2, 0.25) is 0 Å². The van der Waals surface area contributed by atoms with Crippen molar-refractivity contribution in [1.82, 2.24) is 0 Å². The maximum Gasteiger partial charge on any atom is 0.306 e. The van der Waals surface area contributed by atoms with E-state index in [1.165, 1.54) is 0 Å². The van der Waals surface area contributed by atoms with E-state index in [1.807, 2.05) is 28.1 Å². The Morgan fingerprint density at radius 2 is 1.88 bits per heavy atom. The molecule has 0 radical (unpaired) electrons. The minimum atomic E-state index is -0.399. The van der Waals surface area contributed by atoms with Crippen molar-refractivity contribution in [3.8, 4) is 0 Å². The molecule has 0 aliphatic rings. The van der Waals surface area contributed by atoms with Gasteiger partial charge in [-0.1, -0.05) is 6.92 Å². The second-order valence-corrected chi connectivity index (χ2v) is 5.37. The minimum Gasteiger partial charge on any atom is -0.742 e. The van der Waals surface area contributed by atoms with Gasteiger partial charge in [-0.2, -0.15) is 0 Å². The predicted octanol–water partition coefficient (Wildman–Crippen LogP) is 0.868. The number of nitrogens with zero attached hydrogens (tertiary/aromatic N) is 1. The molecule has 0 aliphatic heterocycles. The monoisotopic (exact) mass is 247 g/mol. The van der Waals surface area contributed by atoms with Crippen LogP contribution < -0.4 is 0 Å². The first-order chi connectivity index (χ1) is 7.24. The van der Waals surface area contributed by atoms with Crippen LogP contribution in [0.1, 0.15) is 26.2 Å². The molecular weight excluding hydrogens is 226 g/mol. The summed E-state index contributed by atoms with van der Waals surface area (Å²) in [7, 11) is 5.94. The number of ether oxygens (including phenoxy) is 1. The molecule has 1 atom stereocenters. The van der Waals surface area contributed by atoms with Crippen molar-refractivity contribution in [2.24, 2.45) is 0 Å². The molecule has 0 saturated carbocycles. The molecule has 0 saturated heterocycles. The van der Waals surface area contributed by atoms with Crippen molar-refractivity contribution in [3.63, 3.8) is 0 Å². The Morgan fingerprint density at radius 3 is 2.25 bits per heavy atom. The van der Waals surface area contributed by atoms with Crippen LogP contribution in [0, 0.1) is 0 Å². The molecule has 0 heterocycles. The van der Waals surface area contributed by atoms with E-state index in [2.05, 4.69) is 12.6 Å². The van der Waals surface area contributed by atoms with Crippen molar-refractivity contribution in [2.75, 3.05) is 27.7 Å². The van der Waals surface area contributed by atoms with Crippen LogP contribution in [0.3, 0.4) is 0 Å². The SMILES string of the molecule is CCCC(=O)OC(CC(=O)[S-])C[N+](C)(C)C. The van der Waals surface area contributed by atoms with E-state index < -0.39 is 6.10 Å². The zero-order valence-corrected chi connectivity index (χ0v) is 11.3. The van der Waals surface area contributed by atoms with Crippen LogP contribution in [-0.2, 0) is 27.0 Å². The van der Waals surface area contributed by atoms with Crippen molar-refractivity contribution in [2.45, 2.75) is 32.3 Å². The summed E-state index contributed by atoms with van der Waals surface area (Å²) in [5.41, 5.74) is 0. The van der Waals surface area contributed by atoms with E-state index in [0.717, 1.165) is 6.42 Å². The van der Waals surface area contributed by atoms with Gasteiger partial charge in [-0.3, -0.25) is 4.79 Å². The van der Waals surface area contributed by atoms with Crippen LogP contribution in [-0.4, -0.2) is 49.4 Å². The molecule has 0 amide bonds. The quantitative estimate of drug-likeness (QED) is 0.380. The lowest BCUT2D eigenvalue weighted by Crippen LogP contribution is -2.43. The van der Waals surface area contributed by atoms with Crippen LogP contribution in [0.25, 0.3) is 0 Å². The molecule has 1 unspecified atom stereocenters. The molecule has 4 nitrogen and oxygen atoms in total. The normalized spacial score (nSPS) is 13.2. The van der Waals surface area contributed by atoms with Gasteiger partial charge in [-0.25, -0.2) is 0 Å². The predicted molar refractivity (Wildman–Crippen MR) is 64.7 cm³/mol. The Morgan fingerprint density at radius 1 is 1.31 bits per heavy atom. The fourth-order valence-electron chi connectivity index (χ4n) is 1.39. The van der Waals surface area contributed by atoms with Gasteiger partial charge in [-0.05, 0) is 6.42 Å². The third-order valence-electron chi connectivity index (χ3n) is 1.90. The number of carbonyl (C=O) groups excluding carboxylic acids is 2. The van der Waals surface area contributed by atoms with Crippen LogP contribution in [0.15, 0.2) is 0 Å². The molecule has 5 heteroatoms. The van der Waals surface area contributed by atoms with Gasteiger partial charge in [0.15, 0.2) is 6.10 Å². The lowest BCUT2D eigenvalue weighted by Gasteiger charge is -2.29. The standard InChI is InChI=1S/C11H21NO3S/c1-5-6-10(13)15-9(7-11(14)16)8-12(2,3)4/h9H,5-8H2,1-4H3. The van der Waals surface area contributed by atoms with Crippen LogP contribution in [0.2, 0.25) is 0 Å². The topological polar surface area (TPSA) is 43.4 Å². The molecule has 0 N–H and O–H groups in total. The Hall–Kier alpha value is -0.680. The summed E-state index contributed by atoms with van der Waals surface area (Å²) in [6.07, 6.45) is 0.862. The van der Waals surface area contributed by atoms with Gasteiger partial charge >= 0.3 is 5.97 Å². The third kappa shape index (κ3) is 8.61. The molecule has 94 valence electrons. The molecule has 0 aromatic rings. The first-order valence-electron chi connectivity index (χ1n) is 5.44. The summed E-state index contributed by atoms with van der Waals surface area (Å²) >= 11 is 4.52. The second kappa shape index (κ2) is 6.81. The minimum absolute atomic E-state index is 0.125. The van der Waals surface area contributed by atoms with E-state index >= 15 is 0 Å². The molecule has 16 heavy (non-hydrogen) atoms. The van der Waals surface area contributed by atoms with Gasteiger partial charge in [0.1, 0.15) is 6.54 Å². The lowest BCUT2D eigenvalue weighted by molar-refractivity contribution is -0.873. The Labute approximate surface area is 103 Å². The largest absolute Gasteiger partial charge is 0.742 e. The van der Waals surface area contributed by atoms with Gasteiger partial charge in [0, 0.05) is 18.0 Å². The summed E-state index contributed by atoms with van der Waals surface area (Å²) in [4.78, 5) is 22.2. The highest BCUT2D eigenvalue weighted by atomic mass is 32.1. The number of carbonyl (C=O) groups is 2. The molecule has 0 bridgehead atoms. The Kier molecular flexibility index (Phi) is 6.52. The maximum absolute atomic E-state index is 11.3. The molecule has 0 spiro atoms. The smallest absolute Gasteiger partial charge is 0.306 e. The highest BCUT2D eigenvalue weighted by Gasteiger charge is 2.21. The number of rotatable bonds is 7. The van der Waals surface area contributed by atoms with Crippen molar-refractivity contribution in [3.05, 3.63) is 0 Å². The second-order valence-electron chi connectivity index (χ2n) is 4.91. The lowest BCUT2D eigenvalue weighted by atomic mass is 10.2. The van der Waals surface area contributed by atoms with E-state index in [4.69, 9.17) is 4.74 Å². The molecular formula is C11H21NO3S. The summed E-state index contributed by atoms with van der Waals surface area (Å²) < 4.78 is 5.87. The highest BCUT2D eigenvalue weighted by molar-refractivity contribution is 7.77. The molecule has 0 aromatic heterocycles. The van der Waals surface area contributed by atoms with E-state index in [1.54, 1.807) is 0 Å². The van der Waals surface area contributed by atoms with Crippen LogP contribution in [0.4, 0.5) is 0 Å². The first kappa shape index (κ1) is 15.3. The third-order valence-corrected chi connectivity index (χ3v) is 2.06. The van der Waals surface area contributed by atoms with Gasteiger partial charge in [-0.15, -0.1) is 0 Å². The van der Waals surface area contributed by atoms with E-state index in [0.29, 0.717) is 17.4 Å². The molecule has 0 aliphatic carbocycles. The van der Waals surface area contributed by atoms with Crippen LogP contribution >= 0.6 is 0 Å². The zero-order chi connectivity index (χ0) is 12.8. The number of esters is 1. The number of quaternary nitrogens is 1. The van der Waals surface area contributed by atoms with E-state index in [-0.39, 0.29) is 17.5 Å². The van der Waals surface area contributed by atoms with Gasteiger partial charge in [0.05, 0.1) is 21.1 Å². The van der Waals surface area contributed by atoms with Crippen molar-refractivity contribution in [1.29, 1.82) is 0 Å². The summed E-state index contributed by atoms with van der Waals surface area (Å²) in [5, 5.41) is -0.359. The Bertz CT molecular complexity index is 248. The van der Waals surface area contributed by atoms with Gasteiger partial charge in [0.25, 0.3) is 0 Å². The van der Waals surface area contributed by atoms with Crippen molar-refractivity contribution >= 4 is 23.7 Å². The fraction of sp³-hybridized carbons (Fsp3) is 0.818. The van der Waals surface area contributed by atoms with Gasteiger partial charge < -0.3 is 26.6 Å². The first-order valence-corrected chi connectivity index (χ1v) is 5.85. The summed E-state index contributed by atoms with van der Waals surface area (Å²) in [5.74, 6) is -0.253. The van der Waals surface area contributed by atoms with Crippen molar-refractivity contribution < 1.29 is 18.8 Å².